The molecule has 0 heteroatoms. The molecule has 2 saturated carbocycles. The molecule has 0 bridgehead atoms. The Hall–Kier alpha value is 0. The fourth-order valence-corrected chi connectivity index (χ4v) is 5.40. The van der Waals surface area contributed by atoms with E-state index in [1.54, 1.807) is 5.92 Å². The van der Waals surface area contributed by atoms with Crippen LogP contribution in [0.2, 0.25) is 0 Å². The summed E-state index contributed by atoms with van der Waals surface area (Å²) in [6.07, 6.45) is 11.8. The third-order valence-electron chi connectivity index (χ3n) is 7.68. The van der Waals surface area contributed by atoms with Crippen molar-refractivity contribution in [2.24, 2.45) is 28.6 Å². The van der Waals surface area contributed by atoms with Gasteiger partial charge >= 0.3 is 0 Å². The van der Waals surface area contributed by atoms with Gasteiger partial charge in [0.1, 0.15) is 0 Å². The Morgan fingerprint density at radius 2 is 1.50 bits per heavy atom. The van der Waals surface area contributed by atoms with Crippen molar-refractivity contribution in [2.45, 2.75) is 92.9 Å². The highest BCUT2D eigenvalue weighted by molar-refractivity contribution is 5.10. The largest absolute Gasteiger partial charge is 0.0649 e. The van der Waals surface area contributed by atoms with Gasteiger partial charge in [-0.05, 0) is 53.8 Å². The molecule has 0 aliphatic heterocycles. The molecule has 117 valence electrons. The lowest BCUT2D eigenvalue weighted by Gasteiger charge is -2.55. The second kappa shape index (κ2) is 6.01. The van der Waals surface area contributed by atoms with E-state index in [-0.39, 0.29) is 0 Å². The van der Waals surface area contributed by atoms with Gasteiger partial charge in [0, 0.05) is 0 Å². The third kappa shape index (κ3) is 2.69. The zero-order valence-electron chi connectivity index (χ0n) is 14.9. The van der Waals surface area contributed by atoms with Crippen molar-refractivity contribution >= 4 is 0 Å². The molecule has 0 spiro atoms. The van der Waals surface area contributed by atoms with Gasteiger partial charge in [0.15, 0.2) is 0 Å². The van der Waals surface area contributed by atoms with Gasteiger partial charge in [-0.15, -0.1) is 0 Å². The summed E-state index contributed by atoms with van der Waals surface area (Å²) in [4.78, 5) is 0. The molecule has 0 aromatic carbocycles. The molecule has 4 atom stereocenters. The Labute approximate surface area is 128 Å². The first-order valence-electron chi connectivity index (χ1n) is 9.13. The van der Waals surface area contributed by atoms with Crippen LogP contribution in [0.25, 0.3) is 0 Å². The second-order valence-electron chi connectivity index (χ2n) is 8.75. The van der Waals surface area contributed by atoms with Gasteiger partial charge in [-0.3, -0.25) is 0 Å². The van der Waals surface area contributed by atoms with Crippen LogP contribution in [0.4, 0.5) is 0 Å². The van der Waals surface area contributed by atoms with Crippen molar-refractivity contribution in [1.82, 2.24) is 0 Å². The van der Waals surface area contributed by atoms with Crippen LogP contribution in [0.1, 0.15) is 92.9 Å². The highest BCUT2D eigenvalue weighted by Crippen LogP contribution is 2.58. The lowest BCUT2D eigenvalue weighted by atomic mass is 9.49. The van der Waals surface area contributed by atoms with Gasteiger partial charge < -0.3 is 0 Å². The molecule has 1 radical (unpaired) electrons. The van der Waals surface area contributed by atoms with Gasteiger partial charge in [-0.25, -0.2) is 0 Å². The number of hydrogen-bond donors (Lipinski definition) is 0. The van der Waals surface area contributed by atoms with E-state index >= 15 is 0 Å². The molecule has 2 aliphatic rings. The molecular formula is C20H37. The van der Waals surface area contributed by atoms with E-state index in [1.165, 1.54) is 51.4 Å². The van der Waals surface area contributed by atoms with Gasteiger partial charge in [0.2, 0.25) is 0 Å². The predicted molar refractivity (Wildman–Crippen MR) is 89.6 cm³/mol. The Kier molecular flexibility index (Phi) is 4.92. The molecule has 0 N–H and O–H groups in total. The van der Waals surface area contributed by atoms with Crippen molar-refractivity contribution in [3.8, 4) is 0 Å². The summed E-state index contributed by atoms with van der Waals surface area (Å²) in [6, 6.07) is 0. The van der Waals surface area contributed by atoms with Crippen LogP contribution in [0, 0.1) is 34.5 Å². The summed E-state index contributed by atoms with van der Waals surface area (Å²) in [7, 11) is 0. The van der Waals surface area contributed by atoms with Crippen molar-refractivity contribution in [2.75, 3.05) is 0 Å². The summed E-state index contributed by atoms with van der Waals surface area (Å²) < 4.78 is 0. The van der Waals surface area contributed by atoms with Crippen LogP contribution in [-0.4, -0.2) is 0 Å². The molecule has 0 aromatic heterocycles. The summed E-state index contributed by atoms with van der Waals surface area (Å²) in [5, 5.41) is 0. The Bertz CT molecular complexity index is 314. The molecule has 20 heavy (non-hydrogen) atoms. The van der Waals surface area contributed by atoms with Crippen molar-refractivity contribution < 1.29 is 0 Å². The topological polar surface area (TPSA) is 0 Å². The molecule has 2 fully saturated rings. The van der Waals surface area contributed by atoms with E-state index in [0.29, 0.717) is 10.8 Å². The minimum Gasteiger partial charge on any atom is -0.0649 e. The Balaban J connectivity index is 2.18. The summed E-state index contributed by atoms with van der Waals surface area (Å²) in [5.74, 6) is 4.71. The van der Waals surface area contributed by atoms with Gasteiger partial charge in [-0.2, -0.15) is 0 Å². The number of fused-ring (bicyclic) bond motifs is 1. The van der Waals surface area contributed by atoms with Crippen LogP contribution in [-0.2, 0) is 0 Å². The SMILES string of the molecule is CCC(C)(C)C(C)([C](C)C)C1CCC2CCCCC2C1. The lowest BCUT2D eigenvalue weighted by molar-refractivity contribution is -0.0188. The van der Waals surface area contributed by atoms with E-state index in [4.69, 9.17) is 0 Å². The van der Waals surface area contributed by atoms with E-state index in [9.17, 15) is 0 Å². The van der Waals surface area contributed by atoms with Gasteiger partial charge in [0.05, 0.1) is 0 Å². The molecule has 0 nitrogen and oxygen atoms in total. The predicted octanol–water partition coefficient (Wildman–Crippen LogP) is 6.65. The van der Waals surface area contributed by atoms with E-state index in [2.05, 4.69) is 41.5 Å². The molecule has 4 unspecified atom stereocenters. The molecule has 2 rings (SSSR count). The molecular weight excluding hydrogens is 240 g/mol. The van der Waals surface area contributed by atoms with Gasteiger partial charge in [-0.1, -0.05) is 73.6 Å². The maximum atomic E-state index is 2.58. The highest BCUT2D eigenvalue weighted by Gasteiger charge is 2.50. The fraction of sp³-hybridized carbons (Fsp3) is 0.950. The summed E-state index contributed by atoms with van der Waals surface area (Å²) >= 11 is 0. The first kappa shape index (κ1) is 16.4. The number of hydrogen-bond acceptors (Lipinski definition) is 0. The monoisotopic (exact) mass is 277 g/mol. The second-order valence-corrected chi connectivity index (χ2v) is 8.75. The average molecular weight is 278 g/mol. The normalized spacial score (nSPS) is 34.6. The fourth-order valence-electron chi connectivity index (χ4n) is 5.40. The van der Waals surface area contributed by atoms with E-state index in [0.717, 1.165) is 17.8 Å². The van der Waals surface area contributed by atoms with Crippen LogP contribution in [0.3, 0.4) is 0 Å². The third-order valence-corrected chi connectivity index (χ3v) is 7.68. The maximum absolute atomic E-state index is 2.58. The highest BCUT2D eigenvalue weighted by atomic mass is 14.5. The molecule has 0 aromatic rings. The van der Waals surface area contributed by atoms with Crippen LogP contribution >= 0.6 is 0 Å². The maximum Gasteiger partial charge on any atom is -0.0190 e. The van der Waals surface area contributed by atoms with Crippen LogP contribution < -0.4 is 0 Å². The summed E-state index contributed by atoms with van der Waals surface area (Å²) in [5.41, 5.74) is 0.849. The molecule has 2 aliphatic carbocycles. The minimum absolute atomic E-state index is 0.421. The van der Waals surface area contributed by atoms with Crippen molar-refractivity contribution in [3.63, 3.8) is 0 Å². The quantitative estimate of drug-likeness (QED) is 0.539. The Morgan fingerprint density at radius 1 is 0.900 bits per heavy atom. The standard InChI is InChI=1S/C20H37/c1-7-19(4,5)20(6,15(2)3)18-13-12-16-10-8-9-11-17(16)14-18/h16-18H,7-14H2,1-6H3. The Morgan fingerprint density at radius 3 is 2.05 bits per heavy atom. The smallest absolute Gasteiger partial charge is 0.0190 e. The zero-order chi connectivity index (χ0) is 15.0. The van der Waals surface area contributed by atoms with Gasteiger partial charge in [0.25, 0.3) is 0 Å². The van der Waals surface area contributed by atoms with Crippen molar-refractivity contribution in [3.05, 3.63) is 5.92 Å². The molecule has 0 heterocycles. The van der Waals surface area contributed by atoms with E-state index in [1.807, 2.05) is 0 Å². The summed E-state index contributed by atoms with van der Waals surface area (Å²) in [6.45, 7) is 14.8. The lowest BCUT2D eigenvalue weighted by Crippen LogP contribution is -2.47. The molecule has 0 amide bonds. The minimum atomic E-state index is 0.421. The van der Waals surface area contributed by atoms with Crippen LogP contribution in [0.5, 0.6) is 0 Å². The number of rotatable bonds is 4. The first-order valence-corrected chi connectivity index (χ1v) is 9.13. The van der Waals surface area contributed by atoms with Crippen LogP contribution in [0.15, 0.2) is 0 Å². The van der Waals surface area contributed by atoms with Crippen molar-refractivity contribution in [1.29, 1.82) is 0 Å². The molecule has 0 saturated heterocycles. The zero-order valence-corrected chi connectivity index (χ0v) is 14.9. The average Bonchev–Trinajstić information content (AvgIpc) is 2.45. The first-order chi connectivity index (χ1) is 9.33. The van der Waals surface area contributed by atoms with E-state index < -0.39 is 0 Å².